The summed E-state index contributed by atoms with van der Waals surface area (Å²) in [6.07, 6.45) is 17.9. The molecule has 0 aromatic carbocycles. The summed E-state index contributed by atoms with van der Waals surface area (Å²) >= 11 is 1.83. The molecular formula is C87H153F2N7O6S. The van der Waals surface area contributed by atoms with E-state index in [9.17, 15) is 32.8 Å². The van der Waals surface area contributed by atoms with Gasteiger partial charge in [0.15, 0.2) is 5.13 Å². The number of hydrogen-bond donors (Lipinski definition) is 0. The minimum Gasteiger partial charge on any atom is -0.444 e. The number of aryl methyl sites for hydroxylation is 1. The van der Waals surface area contributed by atoms with Crippen LogP contribution in [0.1, 0.15) is 289 Å². The highest BCUT2D eigenvalue weighted by Gasteiger charge is 2.58. The van der Waals surface area contributed by atoms with Crippen molar-refractivity contribution in [2.45, 2.75) is 302 Å². The van der Waals surface area contributed by atoms with E-state index in [4.69, 9.17) is 4.74 Å². The van der Waals surface area contributed by atoms with Crippen LogP contribution in [0.2, 0.25) is 0 Å². The molecule has 6 saturated heterocycles. The fraction of sp³-hybridized carbons (Fsp3) is 0.908. The maximum atomic E-state index is 14.6. The molecule has 7 heterocycles. The lowest BCUT2D eigenvalue weighted by molar-refractivity contribution is -0.136. The van der Waals surface area contributed by atoms with Crippen molar-refractivity contribution in [1.82, 2.24) is 29.5 Å². The van der Waals surface area contributed by atoms with Crippen molar-refractivity contribution < 1.29 is 37.5 Å². The molecule has 592 valence electrons. The van der Waals surface area contributed by atoms with Gasteiger partial charge in [0.1, 0.15) is 11.3 Å². The zero-order chi connectivity index (χ0) is 77.8. The molecule has 12 rings (SSSR count). The molecular weight excluding hydrogens is 1310 g/mol. The molecule has 0 bridgehead atoms. The Bertz CT molecular complexity index is 2950. The molecule has 1 aromatic rings. The molecule has 11 aliphatic rings. The number of halogens is 2. The molecule has 16 heteroatoms. The van der Waals surface area contributed by atoms with Crippen molar-refractivity contribution in [3.05, 3.63) is 11.1 Å². The van der Waals surface area contributed by atoms with Gasteiger partial charge in [-0.15, -0.1) is 11.3 Å². The van der Waals surface area contributed by atoms with Gasteiger partial charge in [0.2, 0.25) is 23.6 Å². The van der Waals surface area contributed by atoms with Crippen LogP contribution in [0.3, 0.4) is 0 Å². The maximum Gasteiger partial charge on any atom is 0.410 e. The Morgan fingerprint density at radius 1 is 0.476 bits per heavy atom. The van der Waals surface area contributed by atoms with Crippen LogP contribution in [0.25, 0.3) is 0 Å². The fourth-order valence-corrected chi connectivity index (χ4v) is 19.7. The van der Waals surface area contributed by atoms with E-state index >= 15 is 0 Å². The second-order valence-electron chi connectivity index (χ2n) is 43.5. The molecule has 11 unspecified atom stereocenters. The summed E-state index contributed by atoms with van der Waals surface area (Å²) in [6, 6.07) is 0. The molecule has 6 aliphatic heterocycles. The van der Waals surface area contributed by atoms with E-state index in [2.05, 4.69) is 179 Å². The SMILES string of the molecule is CC(C)(C)C1CN(C(=O)C2CC2)CC12CCC2.CC1(C(=O)N2CC(C(C)(C)C)C(C)(F)C2)CC1.CC1(C(=O)N2CC(CF)C(C(C)(C)C)C2)CC1.CCC1CN(C(=O)C2(C)CC2)CC1C(C)(C)C.CCC1CN(C(=O)OC(C)(C)C)CC1C(C)(C)C.CCC1CN(c2ncc(C)s2)CC1C(C)(C)C. The molecule has 1 aromatic heterocycles. The van der Waals surface area contributed by atoms with Gasteiger partial charge in [-0.2, -0.15) is 0 Å². The van der Waals surface area contributed by atoms with E-state index < -0.39 is 11.3 Å². The number of aromatic nitrogens is 1. The highest BCUT2D eigenvalue weighted by atomic mass is 32.1. The minimum absolute atomic E-state index is 0.00503. The number of likely N-dealkylation sites (tertiary alicyclic amines) is 5. The topological polar surface area (TPSA) is 127 Å². The normalized spacial score (nSPS) is 30.3. The van der Waals surface area contributed by atoms with Crippen LogP contribution in [0.5, 0.6) is 0 Å². The first kappa shape index (κ1) is 86.7. The van der Waals surface area contributed by atoms with Gasteiger partial charge in [-0.25, -0.2) is 14.2 Å². The monoisotopic (exact) mass is 1460 g/mol. The molecule has 11 atom stereocenters. The standard InChI is InChI=1S/C15H29NO2.C15H25NO.C15H27NO.2C14H24FNO.C14H24N2S/c1-8-11-9-16(10-12(11)14(2,3)4)13(17)18-15(5,6)7;1-14(2,3)12-9-16(13(17)11-5-6-11)10-15(12)7-4-8-15;1-6-11-9-16(10-12(11)14(2,3)4)13(17)15(5)7-8-15;1-12(2,3)10-8-16(9-14(10,5)15)11(17)13(4)6-7-13;1-13(2,3)11-9-16(8-10(11)7-15)12(17)14(4)5-6-14;1-6-11-8-16(9-12(11)14(3,4)5)13-15-7-10(2)17-13/h11-12H,8-10H2,1-7H3;11-12H,4-10H2,1-3H3;11-12H,6-10H2,1-5H3;10H,6-9H2,1-5H3;10-11H,5-9H2,1-4H3;7,11-12H,6,8-9H2,1-5H3. The molecule has 0 radical (unpaired) electrons. The summed E-state index contributed by atoms with van der Waals surface area (Å²) in [4.78, 5) is 79.5. The summed E-state index contributed by atoms with van der Waals surface area (Å²) in [5.74, 6) is 6.78. The number of thiazole rings is 1. The van der Waals surface area contributed by atoms with Gasteiger partial charge >= 0.3 is 6.09 Å². The van der Waals surface area contributed by atoms with Crippen LogP contribution < -0.4 is 4.90 Å². The number of nitrogens with zero attached hydrogens (tertiary/aromatic N) is 7. The van der Waals surface area contributed by atoms with E-state index in [-0.39, 0.29) is 75.5 Å². The molecule has 1 spiro atoms. The molecule has 0 N–H and O–H groups in total. The summed E-state index contributed by atoms with van der Waals surface area (Å²) in [5.41, 5.74) is -0.153. The average molecular weight is 1460 g/mol. The Morgan fingerprint density at radius 2 is 0.854 bits per heavy atom. The largest absolute Gasteiger partial charge is 0.444 e. The van der Waals surface area contributed by atoms with Crippen molar-refractivity contribution in [2.75, 3.05) is 90.1 Å². The van der Waals surface area contributed by atoms with Gasteiger partial charge in [-0.05, 0) is 184 Å². The third kappa shape index (κ3) is 21.9. The second-order valence-corrected chi connectivity index (χ2v) is 44.7. The predicted octanol–water partition coefficient (Wildman–Crippen LogP) is 20.2. The number of alkyl halides is 2. The Kier molecular flexibility index (Phi) is 26.8. The third-order valence-electron chi connectivity index (χ3n) is 26.9. The molecule has 13 nitrogen and oxygen atoms in total. The first-order chi connectivity index (χ1) is 47.0. The van der Waals surface area contributed by atoms with E-state index in [1.807, 2.05) is 62.0 Å². The Balaban J connectivity index is 0.000000173. The zero-order valence-electron chi connectivity index (χ0n) is 71.3. The Hall–Kier alpha value is -3.56. The molecule has 11 fully saturated rings. The molecule has 5 saturated carbocycles. The van der Waals surface area contributed by atoms with Crippen molar-refractivity contribution in [1.29, 1.82) is 0 Å². The molecule has 5 amide bonds. The highest BCUT2D eigenvalue weighted by molar-refractivity contribution is 7.15. The van der Waals surface area contributed by atoms with Crippen LogP contribution in [0.4, 0.5) is 18.7 Å². The average Bonchev–Trinajstić information content (AvgIpc) is 1.61. The van der Waals surface area contributed by atoms with Gasteiger partial charge in [0.05, 0.1) is 13.2 Å². The zero-order valence-corrected chi connectivity index (χ0v) is 72.1. The van der Waals surface area contributed by atoms with Gasteiger partial charge in [0.25, 0.3) is 0 Å². The Morgan fingerprint density at radius 3 is 1.16 bits per heavy atom. The number of rotatable bonds is 9. The number of amides is 5. The number of carbonyl (C=O) groups excluding carboxylic acids is 5. The lowest BCUT2D eigenvalue weighted by Crippen LogP contribution is -2.42. The van der Waals surface area contributed by atoms with Crippen molar-refractivity contribution in [2.24, 2.45) is 119 Å². The molecule has 5 aliphatic carbocycles. The first-order valence-electron chi connectivity index (χ1n) is 41.1. The number of anilines is 1. The van der Waals surface area contributed by atoms with Gasteiger partial charge in [-0.1, -0.05) is 192 Å². The summed E-state index contributed by atoms with van der Waals surface area (Å²) in [5, 5.41) is 1.22. The van der Waals surface area contributed by atoms with Crippen LogP contribution in [0, 0.1) is 126 Å². The van der Waals surface area contributed by atoms with Crippen molar-refractivity contribution in [3.63, 3.8) is 0 Å². The summed E-state index contributed by atoms with van der Waals surface area (Å²) in [6.45, 7) is 73.0. The lowest BCUT2D eigenvalue weighted by Gasteiger charge is -2.47. The van der Waals surface area contributed by atoms with E-state index in [0.717, 1.165) is 115 Å². The number of hydrogen-bond acceptors (Lipinski definition) is 9. The third-order valence-corrected chi connectivity index (χ3v) is 27.9. The number of carbonyl (C=O) groups is 5. The van der Waals surface area contributed by atoms with Gasteiger partial charge in [0, 0.05) is 117 Å². The van der Waals surface area contributed by atoms with Crippen LogP contribution >= 0.6 is 11.3 Å². The highest BCUT2D eigenvalue weighted by Crippen LogP contribution is 2.58. The van der Waals surface area contributed by atoms with Crippen molar-refractivity contribution >= 4 is 46.2 Å². The van der Waals surface area contributed by atoms with Crippen LogP contribution in [-0.4, -0.2) is 156 Å². The van der Waals surface area contributed by atoms with Crippen LogP contribution in [0.15, 0.2) is 6.20 Å². The van der Waals surface area contributed by atoms with E-state index in [0.29, 0.717) is 88.0 Å². The smallest absolute Gasteiger partial charge is 0.410 e. The summed E-state index contributed by atoms with van der Waals surface area (Å²) in [7, 11) is 0. The maximum absolute atomic E-state index is 14.6. The number of ether oxygens (including phenoxy) is 1. The summed E-state index contributed by atoms with van der Waals surface area (Å²) < 4.78 is 33.1. The van der Waals surface area contributed by atoms with Gasteiger partial charge in [-0.3, -0.25) is 23.6 Å². The lowest BCUT2D eigenvalue weighted by atomic mass is 9.56. The van der Waals surface area contributed by atoms with Crippen molar-refractivity contribution in [3.8, 4) is 0 Å². The van der Waals surface area contributed by atoms with E-state index in [1.165, 1.54) is 55.2 Å². The second kappa shape index (κ2) is 31.8. The quantitative estimate of drug-likeness (QED) is 0.239. The Labute approximate surface area is 632 Å². The molecule has 103 heavy (non-hydrogen) atoms. The van der Waals surface area contributed by atoms with E-state index in [1.54, 1.807) is 11.8 Å². The predicted molar refractivity (Wildman–Crippen MR) is 422 cm³/mol. The minimum atomic E-state index is -1.25. The first-order valence-corrected chi connectivity index (χ1v) is 41.9. The van der Waals surface area contributed by atoms with Gasteiger partial charge < -0.3 is 34.1 Å². The fourth-order valence-electron chi connectivity index (χ4n) is 19.0. The van der Waals surface area contributed by atoms with Crippen LogP contribution in [-0.2, 0) is 23.9 Å².